The number of hydrogen-bond donors (Lipinski definition) is 1. The van der Waals surface area contributed by atoms with Gasteiger partial charge in [0.1, 0.15) is 5.75 Å². The standard InChI is InChI=1S/C21H27NO3/c1-24-20-9-7-18(8-10-20)16-25-21-13-19(11-12-23)22(15-21)14-17-5-3-2-4-6-17/h2-10,19,21,23H,11-16H2,1H3/t19-,21-/m1/s1. The zero-order valence-corrected chi connectivity index (χ0v) is 14.8. The van der Waals surface area contributed by atoms with Crippen molar-refractivity contribution in [2.24, 2.45) is 0 Å². The summed E-state index contributed by atoms with van der Waals surface area (Å²) in [6.45, 7) is 2.66. The summed E-state index contributed by atoms with van der Waals surface area (Å²) in [7, 11) is 1.67. The third-order valence-corrected chi connectivity index (χ3v) is 4.83. The summed E-state index contributed by atoms with van der Waals surface area (Å²) in [5, 5.41) is 9.37. The van der Waals surface area contributed by atoms with Crippen molar-refractivity contribution in [1.29, 1.82) is 0 Å². The van der Waals surface area contributed by atoms with Crippen molar-refractivity contribution >= 4 is 0 Å². The molecule has 1 heterocycles. The first-order valence-electron chi connectivity index (χ1n) is 8.92. The summed E-state index contributed by atoms with van der Waals surface area (Å²) < 4.78 is 11.3. The van der Waals surface area contributed by atoms with Crippen LogP contribution in [0, 0.1) is 0 Å². The van der Waals surface area contributed by atoms with E-state index in [9.17, 15) is 5.11 Å². The average molecular weight is 341 g/mol. The summed E-state index contributed by atoms with van der Waals surface area (Å²) in [5.41, 5.74) is 2.46. The largest absolute Gasteiger partial charge is 0.497 e. The van der Waals surface area contributed by atoms with Crippen LogP contribution in [0.5, 0.6) is 5.75 Å². The lowest BCUT2D eigenvalue weighted by atomic mass is 10.1. The summed E-state index contributed by atoms with van der Waals surface area (Å²) >= 11 is 0. The van der Waals surface area contributed by atoms with Crippen LogP contribution in [-0.2, 0) is 17.9 Å². The molecule has 0 radical (unpaired) electrons. The number of methoxy groups -OCH3 is 1. The van der Waals surface area contributed by atoms with E-state index in [2.05, 4.69) is 29.2 Å². The second kappa shape index (κ2) is 8.99. The van der Waals surface area contributed by atoms with Crippen LogP contribution in [0.15, 0.2) is 54.6 Å². The number of rotatable bonds is 8. The second-order valence-electron chi connectivity index (χ2n) is 6.60. The molecule has 134 valence electrons. The third kappa shape index (κ3) is 5.05. The minimum Gasteiger partial charge on any atom is -0.497 e. The number of aliphatic hydroxyl groups excluding tert-OH is 1. The number of benzene rings is 2. The summed E-state index contributed by atoms with van der Waals surface area (Å²) in [6, 6.07) is 18.9. The Morgan fingerprint density at radius 3 is 2.48 bits per heavy atom. The van der Waals surface area contributed by atoms with Gasteiger partial charge in [-0.1, -0.05) is 42.5 Å². The topological polar surface area (TPSA) is 41.9 Å². The maximum absolute atomic E-state index is 9.37. The van der Waals surface area contributed by atoms with Gasteiger partial charge in [-0.15, -0.1) is 0 Å². The van der Waals surface area contributed by atoms with Gasteiger partial charge in [0.2, 0.25) is 0 Å². The summed E-state index contributed by atoms with van der Waals surface area (Å²) in [6.07, 6.45) is 1.99. The first kappa shape index (κ1) is 17.9. The Morgan fingerprint density at radius 2 is 1.80 bits per heavy atom. The van der Waals surface area contributed by atoms with Gasteiger partial charge in [0.05, 0.1) is 19.8 Å². The molecular formula is C21H27NO3. The zero-order chi connectivity index (χ0) is 17.5. The molecule has 2 atom stereocenters. The molecule has 2 aromatic carbocycles. The van der Waals surface area contributed by atoms with Crippen LogP contribution in [0.3, 0.4) is 0 Å². The molecule has 0 spiro atoms. The molecule has 0 unspecified atom stereocenters. The Kier molecular flexibility index (Phi) is 6.45. The number of likely N-dealkylation sites (tertiary alicyclic amines) is 1. The molecule has 1 N–H and O–H groups in total. The van der Waals surface area contributed by atoms with E-state index in [0.717, 1.165) is 37.2 Å². The van der Waals surface area contributed by atoms with Crippen LogP contribution in [0.4, 0.5) is 0 Å². The van der Waals surface area contributed by atoms with Crippen molar-refractivity contribution in [3.8, 4) is 5.75 Å². The Hall–Kier alpha value is -1.88. The Labute approximate surface area is 150 Å². The van der Waals surface area contributed by atoms with Crippen LogP contribution >= 0.6 is 0 Å². The van der Waals surface area contributed by atoms with Crippen molar-refractivity contribution < 1.29 is 14.6 Å². The van der Waals surface area contributed by atoms with Crippen molar-refractivity contribution in [2.45, 2.75) is 38.1 Å². The highest BCUT2D eigenvalue weighted by Gasteiger charge is 2.32. The minimum atomic E-state index is 0.211. The maximum atomic E-state index is 9.37. The number of ether oxygens (including phenoxy) is 2. The lowest BCUT2D eigenvalue weighted by Crippen LogP contribution is -2.30. The third-order valence-electron chi connectivity index (χ3n) is 4.83. The normalized spacial score (nSPS) is 20.7. The van der Waals surface area contributed by atoms with Gasteiger partial charge >= 0.3 is 0 Å². The van der Waals surface area contributed by atoms with Crippen molar-refractivity contribution in [3.05, 3.63) is 65.7 Å². The first-order valence-corrected chi connectivity index (χ1v) is 8.92. The molecule has 0 saturated carbocycles. The highest BCUT2D eigenvalue weighted by Crippen LogP contribution is 2.25. The highest BCUT2D eigenvalue weighted by atomic mass is 16.5. The van der Waals surface area contributed by atoms with E-state index in [1.807, 2.05) is 30.3 Å². The number of aliphatic hydroxyl groups is 1. The highest BCUT2D eigenvalue weighted by molar-refractivity contribution is 5.26. The monoisotopic (exact) mass is 341 g/mol. The molecule has 0 aromatic heterocycles. The molecule has 0 bridgehead atoms. The minimum absolute atomic E-state index is 0.211. The lowest BCUT2D eigenvalue weighted by Gasteiger charge is -2.23. The van der Waals surface area contributed by atoms with Crippen molar-refractivity contribution in [1.82, 2.24) is 4.90 Å². The molecule has 2 aromatic rings. The molecule has 1 aliphatic heterocycles. The van der Waals surface area contributed by atoms with Crippen LogP contribution in [0.2, 0.25) is 0 Å². The SMILES string of the molecule is COc1ccc(CO[C@@H]2C[C@@H](CCO)N(Cc3ccccc3)C2)cc1. The van der Waals surface area contributed by atoms with Gasteiger partial charge in [0, 0.05) is 25.7 Å². The number of hydrogen-bond acceptors (Lipinski definition) is 4. The Balaban J connectivity index is 1.55. The quantitative estimate of drug-likeness (QED) is 0.800. The van der Waals surface area contributed by atoms with E-state index >= 15 is 0 Å². The molecular weight excluding hydrogens is 314 g/mol. The fraction of sp³-hybridized carbons (Fsp3) is 0.429. The van der Waals surface area contributed by atoms with Gasteiger partial charge in [0.25, 0.3) is 0 Å². The van der Waals surface area contributed by atoms with Gasteiger partial charge in [-0.3, -0.25) is 4.90 Å². The smallest absolute Gasteiger partial charge is 0.118 e. The molecule has 0 amide bonds. The first-order chi connectivity index (χ1) is 12.3. The molecule has 0 aliphatic carbocycles. The fourth-order valence-electron chi connectivity index (χ4n) is 3.46. The van der Waals surface area contributed by atoms with E-state index in [1.54, 1.807) is 7.11 Å². The van der Waals surface area contributed by atoms with E-state index < -0.39 is 0 Å². The fourth-order valence-corrected chi connectivity index (χ4v) is 3.46. The molecule has 1 saturated heterocycles. The number of nitrogens with zero attached hydrogens (tertiary/aromatic N) is 1. The predicted octanol–water partition coefficient (Wildman–Crippen LogP) is 3.24. The van der Waals surface area contributed by atoms with Gasteiger partial charge in [-0.25, -0.2) is 0 Å². The zero-order valence-electron chi connectivity index (χ0n) is 14.8. The van der Waals surface area contributed by atoms with Gasteiger partial charge in [-0.05, 0) is 36.1 Å². The van der Waals surface area contributed by atoms with E-state index in [1.165, 1.54) is 5.56 Å². The Bertz CT molecular complexity index is 629. The van der Waals surface area contributed by atoms with Crippen LogP contribution in [0.25, 0.3) is 0 Å². The van der Waals surface area contributed by atoms with E-state index in [-0.39, 0.29) is 12.7 Å². The van der Waals surface area contributed by atoms with Gasteiger partial charge in [-0.2, -0.15) is 0 Å². The van der Waals surface area contributed by atoms with Crippen molar-refractivity contribution in [3.63, 3.8) is 0 Å². The molecule has 4 heteroatoms. The van der Waals surface area contributed by atoms with Crippen LogP contribution < -0.4 is 4.74 Å². The van der Waals surface area contributed by atoms with Gasteiger partial charge < -0.3 is 14.6 Å². The van der Waals surface area contributed by atoms with Gasteiger partial charge in [0.15, 0.2) is 0 Å². The lowest BCUT2D eigenvalue weighted by molar-refractivity contribution is 0.0461. The molecule has 3 rings (SSSR count). The second-order valence-corrected chi connectivity index (χ2v) is 6.60. The van der Waals surface area contributed by atoms with Crippen LogP contribution in [0.1, 0.15) is 24.0 Å². The van der Waals surface area contributed by atoms with Crippen molar-refractivity contribution in [2.75, 3.05) is 20.3 Å². The summed E-state index contributed by atoms with van der Waals surface area (Å²) in [5.74, 6) is 0.863. The molecule has 25 heavy (non-hydrogen) atoms. The molecule has 1 fully saturated rings. The molecule has 1 aliphatic rings. The Morgan fingerprint density at radius 1 is 1.04 bits per heavy atom. The summed E-state index contributed by atoms with van der Waals surface area (Å²) in [4.78, 5) is 2.43. The predicted molar refractivity (Wildman–Crippen MR) is 98.5 cm³/mol. The van der Waals surface area contributed by atoms with Crippen LogP contribution in [-0.4, -0.2) is 42.4 Å². The van der Waals surface area contributed by atoms with E-state index in [4.69, 9.17) is 9.47 Å². The molecule has 4 nitrogen and oxygen atoms in total. The average Bonchev–Trinajstić information content (AvgIpc) is 3.03. The maximum Gasteiger partial charge on any atom is 0.118 e. The van der Waals surface area contributed by atoms with E-state index in [0.29, 0.717) is 12.6 Å².